The van der Waals surface area contributed by atoms with Crippen LogP contribution in [0.2, 0.25) is 10.0 Å². The maximum absolute atomic E-state index is 12.4. The first-order valence-corrected chi connectivity index (χ1v) is 8.81. The SMILES string of the molecule is CN(C)CCCNC(=O)c1ccccc1OCc1ccc(Cl)cc1Cl. The molecule has 1 amide bonds. The lowest BCUT2D eigenvalue weighted by molar-refractivity contribution is 0.0948. The standard InChI is InChI=1S/C19H22Cl2N2O2/c1-23(2)11-5-10-22-19(24)16-6-3-4-7-18(16)25-13-14-8-9-15(20)12-17(14)21/h3-4,6-9,12H,5,10-11,13H2,1-2H3,(H,22,24). The number of halogens is 2. The van der Waals surface area contributed by atoms with Crippen molar-refractivity contribution in [3.63, 3.8) is 0 Å². The summed E-state index contributed by atoms with van der Waals surface area (Å²) in [5.74, 6) is 0.384. The summed E-state index contributed by atoms with van der Waals surface area (Å²) < 4.78 is 5.81. The Morgan fingerprint density at radius 1 is 1.16 bits per heavy atom. The number of benzene rings is 2. The van der Waals surface area contributed by atoms with Gasteiger partial charge in [0.15, 0.2) is 0 Å². The van der Waals surface area contributed by atoms with Crippen LogP contribution in [-0.4, -0.2) is 38.0 Å². The quantitative estimate of drug-likeness (QED) is 0.695. The maximum Gasteiger partial charge on any atom is 0.255 e. The van der Waals surface area contributed by atoms with Gasteiger partial charge in [0.2, 0.25) is 0 Å². The molecule has 0 aliphatic carbocycles. The fraction of sp³-hybridized carbons (Fsp3) is 0.316. The molecule has 0 spiro atoms. The van der Waals surface area contributed by atoms with Crippen molar-refractivity contribution in [2.45, 2.75) is 13.0 Å². The minimum atomic E-state index is -0.142. The number of para-hydroxylation sites is 1. The Hall–Kier alpha value is -1.75. The summed E-state index contributed by atoms with van der Waals surface area (Å²) in [6.07, 6.45) is 0.891. The summed E-state index contributed by atoms with van der Waals surface area (Å²) in [4.78, 5) is 14.5. The van der Waals surface area contributed by atoms with Gasteiger partial charge in [-0.1, -0.05) is 41.4 Å². The zero-order chi connectivity index (χ0) is 18.2. The zero-order valence-corrected chi connectivity index (χ0v) is 15.9. The minimum absolute atomic E-state index is 0.142. The Kier molecular flexibility index (Phi) is 7.56. The van der Waals surface area contributed by atoms with Gasteiger partial charge in [-0.05, 0) is 51.3 Å². The number of carbonyl (C=O) groups excluding carboxylic acids is 1. The van der Waals surface area contributed by atoms with Crippen LogP contribution in [0.1, 0.15) is 22.3 Å². The van der Waals surface area contributed by atoms with Gasteiger partial charge in [-0.15, -0.1) is 0 Å². The summed E-state index contributed by atoms with van der Waals surface area (Å²) in [7, 11) is 4.01. The van der Waals surface area contributed by atoms with Gasteiger partial charge in [0, 0.05) is 22.2 Å². The molecule has 0 fully saturated rings. The molecule has 0 aromatic heterocycles. The molecule has 25 heavy (non-hydrogen) atoms. The molecule has 0 heterocycles. The van der Waals surface area contributed by atoms with Crippen molar-refractivity contribution in [3.8, 4) is 5.75 Å². The second kappa shape index (κ2) is 9.66. The van der Waals surface area contributed by atoms with E-state index in [1.165, 1.54) is 0 Å². The molecule has 0 saturated heterocycles. The lowest BCUT2D eigenvalue weighted by atomic mass is 10.2. The van der Waals surface area contributed by atoms with Crippen LogP contribution in [0.4, 0.5) is 0 Å². The van der Waals surface area contributed by atoms with E-state index >= 15 is 0 Å². The normalized spacial score (nSPS) is 10.8. The first kappa shape index (κ1) is 19.6. The van der Waals surface area contributed by atoms with Gasteiger partial charge in [-0.2, -0.15) is 0 Å². The van der Waals surface area contributed by atoms with E-state index in [1.807, 2.05) is 32.3 Å². The van der Waals surface area contributed by atoms with E-state index in [2.05, 4.69) is 10.2 Å². The van der Waals surface area contributed by atoms with Crippen molar-refractivity contribution in [2.75, 3.05) is 27.2 Å². The van der Waals surface area contributed by atoms with Crippen molar-refractivity contribution in [1.82, 2.24) is 10.2 Å². The van der Waals surface area contributed by atoms with Gasteiger partial charge in [-0.3, -0.25) is 4.79 Å². The molecule has 2 rings (SSSR count). The van der Waals surface area contributed by atoms with Crippen molar-refractivity contribution in [3.05, 3.63) is 63.6 Å². The van der Waals surface area contributed by atoms with Crippen LogP contribution in [0.15, 0.2) is 42.5 Å². The first-order chi connectivity index (χ1) is 12.0. The van der Waals surface area contributed by atoms with E-state index in [0.29, 0.717) is 27.9 Å². The highest BCUT2D eigenvalue weighted by Crippen LogP contribution is 2.24. The van der Waals surface area contributed by atoms with Gasteiger partial charge < -0.3 is 15.0 Å². The average molecular weight is 381 g/mol. The zero-order valence-electron chi connectivity index (χ0n) is 14.4. The smallest absolute Gasteiger partial charge is 0.255 e. The predicted molar refractivity (Wildman–Crippen MR) is 103 cm³/mol. The number of rotatable bonds is 8. The second-order valence-corrected chi connectivity index (χ2v) is 6.78. The number of hydrogen-bond acceptors (Lipinski definition) is 3. The average Bonchev–Trinajstić information content (AvgIpc) is 2.58. The van der Waals surface area contributed by atoms with E-state index in [9.17, 15) is 4.79 Å². The number of nitrogens with zero attached hydrogens (tertiary/aromatic N) is 1. The van der Waals surface area contributed by atoms with Gasteiger partial charge in [0.1, 0.15) is 12.4 Å². The molecule has 2 aromatic rings. The molecule has 134 valence electrons. The molecule has 0 unspecified atom stereocenters. The van der Waals surface area contributed by atoms with E-state index in [0.717, 1.165) is 18.5 Å². The summed E-state index contributed by atoms with van der Waals surface area (Å²) in [5, 5.41) is 4.04. The van der Waals surface area contributed by atoms with Crippen molar-refractivity contribution in [2.24, 2.45) is 0 Å². The van der Waals surface area contributed by atoms with Gasteiger partial charge in [0.05, 0.1) is 5.56 Å². The van der Waals surface area contributed by atoms with Crippen molar-refractivity contribution >= 4 is 29.1 Å². The van der Waals surface area contributed by atoms with Gasteiger partial charge in [0.25, 0.3) is 5.91 Å². The van der Waals surface area contributed by atoms with Crippen LogP contribution in [0.25, 0.3) is 0 Å². The Labute approximate surface area is 158 Å². The lowest BCUT2D eigenvalue weighted by Crippen LogP contribution is -2.27. The second-order valence-electron chi connectivity index (χ2n) is 5.93. The summed E-state index contributed by atoms with van der Waals surface area (Å²) >= 11 is 12.1. The fourth-order valence-corrected chi connectivity index (χ4v) is 2.73. The van der Waals surface area contributed by atoms with Gasteiger partial charge in [-0.25, -0.2) is 0 Å². The topological polar surface area (TPSA) is 41.6 Å². The molecule has 0 radical (unpaired) electrons. The summed E-state index contributed by atoms with van der Waals surface area (Å²) in [6.45, 7) is 1.81. The lowest BCUT2D eigenvalue weighted by Gasteiger charge is -2.13. The van der Waals surface area contributed by atoms with E-state index < -0.39 is 0 Å². The van der Waals surface area contributed by atoms with Crippen LogP contribution in [0.5, 0.6) is 5.75 Å². The fourth-order valence-electron chi connectivity index (χ4n) is 2.27. The third-order valence-electron chi connectivity index (χ3n) is 3.60. The number of ether oxygens (including phenoxy) is 1. The van der Waals surface area contributed by atoms with E-state index in [1.54, 1.807) is 24.3 Å². The Bertz CT molecular complexity index is 720. The molecule has 0 saturated carbocycles. The van der Waals surface area contributed by atoms with Crippen LogP contribution < -0.4 is 10.1 Å². The van der Waals surface area contributed by atoms with Crippen LogP contribution in [-0.2, 0) is 6.61 Å². The van der Waals surface area contributed by atoms with Gasteiger partial charge >= 0.3 is 0 Å². The third-order valence-corrected chi connectivity index (χ3v) is 4.18. The highest BCUT2D eigenvalue weighted by molar-refractivity contribution is 6.35. The minimum Gasteiger partial charge on any atom is -0.488 e. The monoisotopic (exact) mass is 380 g/mol. The van der Waals surface area contributed by atoms with Crippen molar-refractivity contribution < 1.29 is 9.53 Å². The molecule has 0 aliphatic rings. The molecule has 4 nitrogen and oxygen atoms in total. The summed E-state index contributed by atoms with van der Waals surface area (Å²) in [5.41, 5.74) is 1.32. The maximum atomic E-state index is 12.4. The molecular formula is C19H22Cl2N2O2. The third kappa shape index (κ3) is 6.24. The van der Waals surface area contributed by atoms with E-state index in [4.69, 9.17) is 27.9 Å². The Morgan fingerprint density at radius 2 is 1.92 bits per heavy atom. The van der Waals surface area contributed by atoms with Crippen LogP contribution in [0.3, 0.4) is 0 Å². The number of carbonyl (C=O) groups is 1. The molecule has 6 heteroatoms. The molecular weight excluding hydrogens is 359 g/mol. The number of amides is 1. The van der Waals surface area contributed by atoms with Crippen molar-refractivity contribution in [1.29, 1.82) is 0 Å². The van der Waals surface area contributed by atoms with Crippen LogP contribution >= 0.6 is 23.2 Å². The van der Waals surface area contributed by atoms with Crippen LogP contribution in [0, 0.1) is 0 Å². The predicted octanol–water partition coefficient (Wildman–Crippen LogP) is 4.25. The first-order valence-electron chi connectivity index (χ1n) is 8.06. The molecule has 2 aromatic carbocycles. The largest absolute Gasteiger partial charge is 0.488 e. The molecule has 0 aliphatic heterocycles. The molecule has 0 bridgehead atoms. The summed E-state index contributed by atoms with van der Waals surface area (Å²) in [6, 6.07) is 12.4. The Balaban J connectivity index is 1.98. The highest BCUT2D eigenvalue weighted by Gasteiger charge is 2.12. The van der Waals surface area contributed by atoms with E-state index in [-0.39, 0.29) is 12.5 Å². The highest BCUT2D eigenvalue weighted by atomic mass is 35.5. The molecule has 1 N–H and O–H groups in total. The Morgan fingerprint density at radius 3 is 2.64 bits per heavy atom. The number of hydrogen-bond donors (Lipinski definition) is 1. The molecule has 0 atom stereocenters. The number of nitrogens with one attached hydrogen (secondary N) is 1.